The standard InChI is InChI=1S/C26H22N2O6S2/c1-3-33-23-14-17(7-12-22(23)34-16-18-5-4-6-20(13-18)28(30)31)15-24-25(29)27(26(35)36-24)19-8-10-21(32-2)11-9-19/h4-15H,3,16H2,1-2H3/b24-15+. The minimum absolute atomic E-state index is 0.00318. The number of carbonyl (C=O) groups is 1. The molecule has 0 aliphatic carbocycles. The summed E-state index contributed by atoms with van der Waals surface area (Å²) >= 11 is 6.68. The van der Waals surface area contributed by atoms with E-state index < -0.39 is 4.92 Å². The number of methoxy groups -OCH3 is 1. The fraction of sp³-hybridized carbons (Fsp3) is 0.154. The van der Waals surface area contributed by atoms with E-state index in [1.165, 1.54) is 28.8 Å². The van der Waals surface area contributed by atoms with Crippen LogP contribution in [0, 0.1) is 10.1 Å². The van der Waals surface area contributed by atoms with E-state index in [0.29, 0.717) is 44.3 Å². The summed E-state index contributed by atoms with van der Waals surface area (Å²) in [7, 11) is 1.58. The topological polar surface area (TPSA) is 91.1 Å². The average molecular weight is 523 g/mol. The quantitative estimate of drug-likeness (QED) is 0.147. The first-order valence-corrected chi connectivity index (χ1v) is 12.2. The number of hydrogen-bond acceptors (Lipinski definition) is 8. The van der Waals surface area contributed by atoms with Crippen LogP contribution in [-0.2, 0) is 11.4 Å². The highest BCUT2D eigenvalue weighted by molar-refractivity contribution is 8.27. The number of thiocarbonyl (C=S) groups is 1. The third-order valence-electron chi connectivity index (χ3n) is 5.21. The molecule has 0 atom stereocenters. The van der Waals surface area contributed by atoms with E-state index in [-0.39, 0.29) is 18.2 Å². The second kappa shape index (κ2) is 11.2. The van der Waals surface area contributed by atoms with Gasteiger partial charge in [0.25, 0.3) is 11.6 Å². The first kappa shape index (κ1) is 25.2. The molecule has 0 spiro atoms. The molecule has 1 amide bonds. The number of anilines is 1. The van der Waals surface area contributed by atoms with Crippen molar-refractivity contribution >= 4 is 51.7 Å². The van der Waals surface area contributed by atoms with Crippen molar-refractivity contribution in [2.45, 2.75) is 13.5 Å². The van der Waals surface area contributed by atoms with Gasteiger partial charge < -0.3 is 14.2 Å². The van der Waals surface area contributed by atoms with Gasteiger partial charge in [0.15, 0.2) is 15.8 Å². The van der Waals surface area contributed by atoms with Crippen molar-refractivity contribution in [3.05, 3.63) is 92.9 Å². The van der Waals surface area contributed by atoms with Crippen LogP contribution in [0.4, 0.5) is 11.4 Å². The Kier molecular flexibility index (Phi) is 7.87. The zero-order chi connectivity index (χ0) is 25.7. The van der Waals surface area contributed by atoms with Gasteiger partial charge in [0.05, 0.1) is 29.2 Å². The molecule has 184 valence electrons. The third-order valence-corrected chi connectivity index (χ3v) is 6.51. The first-order valence-electron chi connectivity index (χ1n) is 10.9. The van der Waals surface area contributed by atoms with Crippen LogP contribution < -0.4 is 19.1 Å². The van der Waals surface area contributed by atoms with Crippen LogP contribution in [-0.4, -0.2) is 28.9 Å². The van der Waals surface area contributed by atoms with Crippen molar-refractivity contribution in [3.8, 4) is 17.2 Å². The normalized spacial score (nSPS) is 14.3. The Bertz CT molecular complexity index is 1340. The van der Waals surface area contributed by atoms with Crippen molar-refractivity contribution in [3.63, 3.8) is 0 Å². The molecule has 1 fully saturated rings. The predicted octanol–water partition coefficient (Wildman–Crippen LogP) is 5.99. The highest BCUT2D eigenvalue weighted by Crippen LogP contribution is 2.38. The Hall–Kier alpha value is -3.89. The third kappa shape index (κ3) is 5.67. The molecule has 0 radical (unpaired) electrons. The number of hydrogen-bond donors (Lipinski definition) is 0. The number of nitro benzene ring substituents is 1. The summed E-state index contributed by atoms with van der Waals surface area (Å²) in [6.07, 6.45) is 1.76. The van der Waals surface area contributed by atoms with Crippen molar-refractivity contribution in [2.24, 2.45) is 0 Å². The summed E-state index contributed by atoms with van der Waals surface area (Å²) in [6.45, 7) is 2.41. The summed E-state index contributed by atoms with van der Waals surface area (Å²) in [5.74, 6) is 1.48. The van der Waals surface area contributed by atoms with Gasteiger partial charge >= 0.3 is 0 Å². The Balaban J connectivity index is 1.53. The van der Waals surface area contributed by atoms with Crippen LogP contribution in [0.15, 0.2) is 71.6 Å². The zero-order valence-corrected chi connectivity index (χ0v) is 21.1. The predicted molar refractivity (Wildman–Crippen MR) is 144 cm³/mol. The Morgan fingerprint density at radius 1 is 1.06 bits per heavy atom. The number of carbonyl (C=O) groups excluding carboxylic acids is 1. The zero-order valence-electron chi connectivity index (χ0n) is 19.5. The lowest BCUT2D eigenvalue weighted by Gasteiger charge is -2.15. The van der Waals surface area contributed by atoms with Gasteiger partial charge in [0, 0.05) is 12.1 Å². The molecule has 0 aromatic heterocycles. The lowest BCUT2D eigenvalue weighted by atomic mass is 10.1. The van der Waals surface area contributed by atoms with E-state index >= 15 is 0 Å². The second-order valence-electron chi connectivity index (χ2n) is 7.57. The summed E-state index contributed by atoms with van der Waals surface area (Å²) in [6, 6.07) is 18.7. The van der Waals surface area contributed by atoms with Crippen LogP contribution in [0.1, 0.15) is 18.1 Å². The molecule has 0 bridgehead atoms. The molecule has 8 nitrogen and oxygen atoms in total. The number of benzene rings is 3. The molecule has 1 aliphatic rings. The van der Waals surface area contributed by atoms with Gasteiger partial charge in [0.2, 0.25) is 0 Å². The largest absolute Gasteiger partial charge is 0.497 e. The smallest absolute Gasteiger partial charge is 0.270 e. The van der Waals surface area contributed by atoms with E-state index in [2.05, 4.69) is 0 Å². The number of amides is 1. The number of nitrogens with zero attached hydrogens (tertiary/aromatic N) is 2. The van der Waals surface area contributed by atoms with E-state index in [0.717, 1.165) is 5.56 Å². The second-order valence-corrected chi connectivity index (χ2v) is 9.25. The van der Waals surface area contributed by atoms with Crippen LogP contribution in [0.3, 0.4) is 0 Å². The molecular weight excluding hydrogens is 500 g/mol. The highest BCUT2D eigenvalue weighted by Gasteiger charge is 2.33. The molecule has 1 saturated heterocycles. The molecular formula is C26H22N2O6S2. The van der Waals surface area contributed by atoms with Crippen molar-refractivity contribution in [1.29, 1.82) is 0 Å². The van der Waals surface area contributed by atoms with Crippen LogP contribution >= 0.6 is 24.0 Å². The molecule has 36 heavy (non-hydrogen) atoms. The maximum Gasteiger partial charge on any atom is 0.270 e. The molecule has 3 aromatic carbocycles. The highest BCUT2D eigenvalue weighted by atomic mass is 32.2. The summed E-state index contributed by atoms with van der Waals surface area (Å²) in [5.41, 5.74) is 2.08. The van der Waals surface area contributed by atoms with Gasteiger partial charge in [-0.25, -0.2) is 0 Å². The summed E-state index contributed by atoms with van der Waals surface area (Å²) < 4.78 is 17.3. The fourth-order valence-electron chi connectivity index (χ4n) is 3.50. The van der Waals surface area contributed by atoms with Gasteiger partial charge in [-0.05, 0) is 60.5 Å². The maximum absolute atomic E-state index is 13.1. The summed E-state index contributed by atoms with van der Waals surface area (Å²) in [5, 5.41) is 11.0. The SMILES string of the molecule is CCOc1cc(/C=C2/SC(=S)N(c3ccc(OC)cc3)C2=O)ccc1OCc1cccc([N+](=O)[O-])c1. The van der Waals surface area contributed by atoms with Gasteiger partial charge in [0.1, 0.15) is 12.4 Å². The van der Waals surface area contributed by atoms with E-state index in [1.807, 2.05) is 13.0 Å². The number of ether oxygens (including phenoxy) is 3. The average Bonchev–Trinajstić information content (AvgIpc) is 3.16. The van der Waals surface area contributed by atoms with E-state index in [1.54, 1.807) is 61.7 Å². The number of thioether (sulfide) groups is 1. The molecule has 0 unspecified atom stereocenters. The molecule has 10 heteroatoms. The van der Waals surface area contributed by atoms with Crippen LogP contribution in [0.5, 0.6) is 17.2 Å². The van der Waals surface area contributed by atoms with Crippen molar-refractivity contribution < 1.29 is 23.9 Å². The van der Waals surface area contributed by atoms with Gasteiger partial charge in [-0.15, -0.1) is 0 Å². The van der Waals surface area contributed by atoms with Gasteiger partial charge in [-0.1, -0.05) is 42.2 Å². The molecule has 3 aromatic rings. The van der Waals surface area contributed by atoms with Crippen molar-refractivity contribution in [2.75, 3.05) is 18.6 Å². The molecule has 1 heterocycles. The molecule has 0 saturated carbocycles. The number of rotatable bonds is 9. The Morgan fingerprint density at radius 3 is 2.53 bits per heavy atom. The Morgan fingerprint density at radius 2 is 1.83 bits per heavy atom. The number of nitro groups is 1. The lowest BCUT2D eigenvalue weighted by Crippen LogP contribution is -2.27. The van der Waals surface area contributed by atoms with Crippen LogP contribution in [0.2, 0.25) is 0 Å². The first-order chi connectivity index (χ1) is 17.4. The summed E-state index contributed by atoms with van der Waals surface area (Å²) in [4.78, 5) is 25.7. The molecule has 4 rings (SSSR count). The van der Waals surface area contributed by atoms with Crippen LogP contribution in [0.25, 0.3) is 6.08 Å². The van der Waals surface area contributed by atoms with Crippen molar-refractivity contribution in [1.82, 2.24) is 0 Å². The number of non-ortho nitro benzene ring substituents is 1. The minimum atomic E-state index is -0.443. The van der Waals surface area contributed by atoms with Gasteiger partial charge in [-0.2, -0.15) is 0 Å². The van der Waals surface area contributed by atoms with E-state index in [4.69, 9.17) is 26.4 Å². The maximum atomic E-state index is 13.1. The molecule has 1 aliphatic heterocycles. The van der Waals surface area contributed by atoms with E-state index in [9.17, 15) is 14.9 Å². The molecule has 0 N–H and O–H groups in total. The fourth-order valence-corrected chi connectivity index (χ4v) is 4.79. The van der Waals surface area contributed by atoms with Gasteiger partial charge in [-0.3, -0.25) is 19.8 Å². The Labute approximate surface area is 217 Å². The monoisotopic (exact) mass is 522 g/mol. The minimum Gasteiger partial charge on any atom is -0.497 e. The lowest BCUT2D eigenvalue weighted by molar-refractivity contribution is -0.384.